The predicted octanol–water partition coefficient (Wildman–Crippen LogP) is 5.63. The lowest BCUT2D eigenvalue weighted by Gasteiger charge is -2.40. The van der Waals surface area contributed by atoms with Gasteiger partial charge in [0, 0.05) is 47.5 Å². The molecule has 2 aromatic rings. The molecule has 1 saturated carbocycles. The quantitative estimate of drug-likeness (QED) is 0.443. The number of aliphatic imine (C=N–C) groups is 1. The first-order chi connectivity index (χ1) is 19.4. The molecule has 3 aliphatic rings. The van der Waals surface area contributed by atoms with Crippen molar-refractivity contribution in [3.8, 4) is 0 Å². The number of benzene rings is 2. The van der Waals surface area contributed by atoms with Gasteiger partial charge in [-0.15, -0.1) is 0 Å². The number of halogens is 5. The molecule has 216 valence electrons. The third-order valence-corrected chi connectivity index (χ3v) is 8.12. The predicted molar refractivity (Wildman–Crippen MR) is 149 cm³/mol. The first-order valence-corrected chi connectivity index (χ1v) is 13.9. The number of carbonyl (C=O) groups excluding carboxylic acids is 3. The van der Waals surface area contributed by atoms with E-state index in [0.717, 1.165) is 11.0 Å². The highest BCUT2D eigenvalue weighted by molar-refractivity contribution is 6.68. The lowest BCUT2D eigenvalue weighted by atomic mass is 9.87. The Morgan fingerprint density at radius 1 is 1.15 bits per heavy atom. The van der Waals surface area contributed by atoms with Gasteiger partial charge >= 0.3 is 0 Å². The topological polar surface area (TPSA) is 82.1 Å². The molecule has 0 radical (unpaired) electrons. The maximum Gasteiger partial charge on any atom is 0.252 e. The number of hydrogen-bond acceptors (Lipinski definition) is 4. The Kier molecular flexibility index (Phi) is 8.16. The summed E-state index contributed by atoms with van der Waals surface area (Å²) in [6.45, 7) is 1.83. The third kappa shape index (κ3) is 5.99. The summed E-state index contributed by atoms with van der Waals surface area (Å²) < 4.78 is 41.7. The van der Waals surface area contributed by atoms with Crippen LogP contribution in [0.1, 0.15) is 44.2 Å². The van der Waals surface area contributed by atoms with Crippen molar-refractivity contribution in [1.29, 1.82) is 0 Å². The second kappa shape index (κ2) is 11.5. The van der Waals surface area contributed by atoms with Crippen molar-refractivity contribution in [2.75, 3.05) is 4.90 Å². The zero-order valence-corrected chi connectivity index (χ0v) is 23.5. The average Bonchev–Trinajstić information content (AvgIpc) is 3.28. The van der Waals surface area contributed by atoms with Crippen LogP contribution < -0.4 is 10.2 Å². The molecule has 41 heavy (non-hydrogen) atoms. The maximum absolute atomic E-state index is 14.5. The van der Waals surface area contributed by atoms with Gasteiger partial charge in [-0.2, -0.15) is 0 Å². The number of likely N-dealkylation sites (tertiary alicyclic amines) is 1. The molecule has 4 atom stereocenters. The molecule has 1 aliphatic carbocycles. The van der Waals surface area contributed by atoms with Gasteiger partial charge in [0.2, 0.25) is 11.8 Å². The van der Waals surface area contributed by atoms with Gasteiger partial charge in [0.25, 0.3) is 11.8 Å². The molecule has 2 aliphatic heterocycles. The first kappa shape index (κ1) is 29.1. The first-order valence-electron chi connectivity index (χ1n) is 13.2. The van der Waals surface area contributed by atoms with E-state index >= 15 is 0 Å². The van der Waals surface area contributed by atoms with Crippen LogP contribution in [0.4, 0.5) is 18.9 Å². The highest BCUT2D eigenvalue weighted by Crippen LogP contribution is 2.40. The molecular weight excluding hydrogens is 580 g/mol. The second-order valence-corrected chi connectivity index (χ2v) is 11.3. The number of alkyl halides is 2. The van der Waals surface area contributed by atoms with E-state index in [1.165, 1.54) is 35.2 Å². The molecule has 1 N–H and O–H groups in total. The normalized spacial score (nSPS) is 24.4. The smallest absolute Gasteiger partial charge is 0.252 e. The van der Waals surface area contributed by atoms with Crippen LogP contribution in [0.2, 0.25) is 5.02 Å². The van der Waals surface area contributed by atoms with E-state index in [4.69, 9.17) is 23.2 Å². The zero-order chi connectivity index (χ0) is 29.5. The van der Waals surface area contributed by atoms with Crippen LogP contribution in [-0.4, -0.2) is 52.0 Å². The fraction of sp³-hybridized carbons (Fsp3) is 0.379. The van der Waals surface area contributed by atoms with Crippen molar-refractivity contribution >= 4 is 51.8 Å². The Morgan fingerprint density at radius 3 is 2.56 bits per heavy atom. The highest BCUT2D eigenvalue weighted by Gasteiger charge is 2.49. The van der Waals surface area contributed by atoms with Crippen molar-refractivity contribution in [3.05, 3.63) is 77.1 Å². The van der Waals surface area contributed by atoms with E-state index in [2.05, 4.69) is 10.3 Å². The molecule has 2 fully saturated rings. The van der Waals surface area contributed by atoms with Crippen molar-refractivity contribution < 1.29 is 27.6 Å². The van der Waals surface area contributed by atoms with Crippen LogP contribution >= 0.6 is 23.2 Å². The van der Waals surface area contributed by atoms with E-state index in [1.807, 2.05) is 6.92 Å². The van der Waals surface area contributed by atoms with Crippen LogP contribution in [0.15, 0.2) is 65.7 Å². The number of rotatable bonds is 7. The van der Waals surface area contributed by atoms with Crippen molar-refractivity contribution in [1.82, 2.24) is 10.2 Å². The van der Waals surface area contributed by atoms with Crippen molar-refractivity contribution in [2.45, 2.75) is 62.8 Å². The van der Waals surface area contributed by atoms with Gasteiger partial charge in [0.05, 0.1) is 0 Å². The molecule has 0 aromatic heterocycles. The number of anilines is 1. The van der Waals surface area contributed by atoms with E-state index in [-0.39, 0.29) is 46.1 Å². The Morgan fingerprint density at radius 2 is 1.88 bits per heavy atom. The lowest BCUT2D eigenvalue weighted by molar-refractivity contribution is -0.138. The minimum Gasteiger partial charge on any atom is -0.351 e. The van der Waals surface area contributed by atoms with Crippen LogP contribution in [0, 0.1) is 11.7 Å². The molecule has 0 bridgehead atoms. The molecule has 3 amide bonds. The maximum atomic E-state index is 14.5. The molecule has 2 heterocycles. The number of amides is 3. The van der Waals surface area contributed by atoms with Gasteiger partial charge in [-0.1, -0.05) is 60.5 Å². The Hall–Kier alpha value is -3.37. The third-order valence-electron chi connectivity index (χ3n) is 7.56. The van der Waals surface area contributed by atoms with Crippen LogP contribution in [0.3, 0.4) is 0 Å². The van der Waals surface area contributed by atoms with Gasteiger partial charge in [0.1, 0.15) is 29.2 Å². The molecular formula is C29H27Cl2F3N4O3. The van der Waals surface area contributed by atoms with Gasteiger partial charge in [-0.3, -0.25) is 19.3 Å². The summed E-state index contributed by atoms with van der Waals surface area (Å²) >= 11 is 12.7. The molecule has 2 aromatic carbocycles. The number of nitrogens with one attached hydrogen (secondary N) is 1. The Balaban J connectivity index is 1.59. The summed E-state index contributed by atoms with van der Waals surface area (Å²) in [5.74, 6) is -5.58. The van der Waals surface area contributed by atoms with E-state index < -0.39 is 60.7 Å². The van der Waals surface area contributed by atoms with Crippen molar-refractivity contribution in [3.63, 3.8) is 0 Å². The minimum absolute atomic E-state index is 0.0337. The van der Waals surface area contributed by atoms with Gasteiger partial charge in [-0.25, -0.2) is 18.2 Å². The number of allylic oxidation sites excluding steroid dienone is 1. The molecule has 1 saturated heterocycles. The Bertz CT molecular complexity index is 1430. The highest BCUT2D eigenvalue weighted by atomic mass is 35.5. The SMILES string of the molecule is CC1C=CC(Cl)=NC1N1C(=O)CC[C@H]1C(=O)N(c1cccc(F)c1)[C@@H](C(=O)NC1CC(F)(F)C1)c1ccccc1Cl. The largest absolute Gasteiger partial charge is 0.351 e. The zero-order valence-electron chi connectivity index (χ0n) is 21.9. The summed E-state index contributed by atoms with van der Waals surface area (Å²) in [6.07, 6.45) is 1.71. The number of carbonyl (C=O) groups is 3. The van der Waals surface area contributed by atoms with E-state index in [9.17, 15) is 27.6 Å². The summed E-state index contributed by atoms with van der Waals surface area (Å²) in [7, 11) is 0. The number of dihydropyridines is 1. The molecule has 2 unspecified atom stereocenters. The number of nitrogens with zero attached hydrogens (tertiary/aromatic N) is 3. The second-order valence-electron chi connectivity index (χ2n) is 10.5. The molecule has 7 nitrogen and oxygen atoms in total. The minimum atomic E-state index is -2.90. The molecule has 12 heteroatoms. The number of hydrogen-bond donors (Lipinski definition) is 1. The average molecular weight is 607 g/mol. The summed E-state index contributed by atoms with van der Waals surface area (Å²) in [4.78, 5) is 48.3. The van der Waals surface area contributed by atoms with Crippen molar-refractivity contribution in [2.24, 2.45) is 10.9 Å². The van der Waals surface area contributed by atoms with E-state index in [1.54, 1.807) is 24.3 Å². The lowest BCUT2D eigenvalue weighted by Crippen LogP contribution is -2.57. The molecule has 0 spiro atoms. The fourth-order valence-corrected chi connectivity index (χ4v) is 5.95. The Labute approximate surface area is 245 Å². The summed E-state index contributed by atoms with van der Waals surface area (Å²) in [5, 5.41) is 2.92. The molecule has 5 rings (SSSR count). The summed E-state index contributed by atoms with van der Waals surface area (Å²) in [5.41, 5.74) is 0.243. The van der Waals surface area contributed by atoms with Gasteiger partial charge in [-0.05, 0) is 36.8 Å². The van der Waals surface area contributed by atoms with Crippen LogP contribution in [0.25, 0.3) is 0 Å². The van der Waals surface area contributed by atoms with Gasteiger partial charge in [0.15, 0.2) is 0 Å². The fourth-order valence-electron chi connectivity index (χ4n) is 5.54. The van der Waals surface area contributed by atoms with Gasteiger partial charge < -0.3 is 10.2 Å². The standard InChI is InChI=1S/C29H27Cl2F3N4O3/c1-16-9-11-23(31)36-26(16)38-22(10-12-24(38)39)28(41)37(19-6-4-5-17(32)13-19)25(20-7-2-3-8-21(20)30)27(40)35-18-14-29(33,34)15-18/h2-9,11,13,16,18,22,25-26H,10,12,14-15H2,1H3,(H,35,40)/t16?,22-,25+,26?/m0/s1. The van der Waals surface area contributed by atoms with Crippen LogP contribution in [0.5, 0.6) is 0 Å². The summed E-state index contributed by atoms with van der Waals surface area (Å²) in [6, 6.07) is 8.10. The monoisotopic (exact) mass is 606 g/mol. The van der Waals surface area contributed by atoms with E-state index in [0.29, 0.717) is 0 Å². The van der Waals surface area contributed by atoms with Crippen LogP contribution in [-0.2, 0) is 14.4 Å².